The van der Waals surface area contributed by atoms with E-state index in [4.69, 9.17) is 9.47 Å². The number of hydrogen-bond acceptors (Lipinski definition) is 4. The lowest BCUT2D eigenvalue weighted by molar-refractivity contribution is 0.389. The van der Waals surface area contributed by atoms with Gasteiger partial charge in [-0.1, -0.05) is 0 Å². The van der Waals surface area contributed by atoms with Gasteiger partial charge in [0.1, 0.15) is 11.5 Å². The molecule has 15 heavy (non-hydrogen) atoms. The molecule has 1 aromatic carbocycles. The Morgan fingerprint density at radius 3 is 2.60 bits per heavy atom. The Kier molecular flexibility index (Phi) is 3.89. The largest absolute Gasteiger partial charge is 0.497 e. The first-order valence-electron chi connectivity index (χ1n) is 4.51. The number of ether oxygens (including phenoxy) is 2. The summed E-state index contributed by atoms with van der Waals surface area (Å²) < 4.78 is 10.2. The Morgan fingerprint density at radius 2 is 2.07 bits per heavy atom. The van der Waals surface area contributed by atoms with E-state index in [0.717, 1.165) is 5.56 Å². The van der Waals surface area contributed by atoms with Gasteiger partial charge in [-0.2, -0.15) is 4.99 Å². The molecule has 80 valence electrons. The summed E-state index contributed by atoms with van der Waals surface area (Å²) in [6, 6.07) is 5.12. The minimum atomic E-state index is -0.261. The van der Waals surface area contributed by atoms with Crippen LogP contribution in [0.5, 0.6) is 11.5 Å². The van der Waals surface area contributed by atoms with Crippen LogP contribution < -0.4 is 9.47 Å². The molecule has 0 heterocycles. The predicted molar refractivity (Wildman–Crippen MR) is 56.1 cm³/mol. The molecule has 1 atom stereocenters. The highest BCUT2D eigenvalue weighted by molar-refractivity contribution is 5.44. The zero-order valence-electron chi connectivity index (χ0n) is 8.98. The van der Waals surface area contributed by atoms with Gasteiger partial charge < -0.3 is 9.47 Å². The van der Waals surface area contributed by atoms with Crippen LogP contribution in [0.15, 0.2) is 23.2 Å². The standard InChI is InChI=1S/C11H13NO3/c1-8(12-7-13)10-5-4-9(14-2)6-11(10)15-3/h4-6,8H,1-3H3. The average Bonchev–Trinajstić information content (AvgIpc) is 2.28. The summed E-state index contributed by atoms with van der Waals surface area (Å²) in [5, 5.41) is 0. The molecule has 0 spiro atoms. The van der Waals surface area contributed by atoms with Crippen molar-refractivity contribution in [2.75, 3.05) is 14.2 Å². The Bertz CT molecular complexity index is 383. The maximum Gasteiger partial charge on any atom is 0.235 e. The Balaban J connectivity index is 3.12. The van der Waals surface area contributed by atoms with E-state index < -0.39 is 0 Å². The number of rotatable bonds is 4. The molecular formula is C11H13NO3. The van der Waals surface area contributed by atoms with Crippen LogP contribution in [0, 0.1) is 0 Å². The molecule has 0 aliphatic carbocycles. The van der Waals surface area contributed by atoms with Crippen molar-refractivity contribution in [1.29, 1.82) is 0 Å². The summed E-state index contributed by atoms with van der Waals surface area (Å²) in [6.45, 7) is 1.80. The van der Waals surface area contributed by atoms with Crippen molar-refractivity contribution in [3.63, 3.8) is 0 Å². The first-order chi connectivity index (χ1) is 7.22. The van der Waals surface area contributed by atoms with Crippen LogP contribution in [0.3, 0.4) is 0 Å². The topological polar surface area (TPSA) is 47.9 Å². The fourth-order valence-corrected chi connectivity index (χ4v) is 1.31. The van der Waals surface area contributed by atoms with Crippen LogP contribution in [-0.4, -0.2) is 20.3 Å². The summed E-state index contributed by atoms with van der Waals surface area (Å²) in [7, 11) is 3.15. The van der Waals surface area contributed by atoms with Crippen LogP contribution in [0.4, 0.5) is 0 Å². The molecule has 4 heteroatoms. The molecular weight excluding hydrogens is 194 g/mol. The highest BCUT2D eigenvalue weighted by atomic mass is 16.5. The third kappa shape index (κ3) is 2.58. The lowest BCUT2D eigenvalue weighted by Gasteiger charge is -2.12. The number of aliphatic imine (C=N–C) groups is 1. The van der Waals surface area contributed by atoms with E-state index in [9.17, 15) is 4.79 Å². The zero-order valence-corrected chi connectivity index (χ0v) is 8.98. The molecule has 0 aliphatic rings. The molecule has 0 aliphatic heterocycles. The number of isocyanates is 1. The number of nitrogens with zero attached hydrogens (tertiary/aromatic N) is 1. The minimum absolute atomic E-state index is 0.261. The van der Waals surface area contributed by atoms with Crippen LogP contribution in [0.1, 0.15) is 18.5 Å². The van der Waals surface area contributed by atoms with Crippen molar-refractivity contribution in [3.8, 4) is 11.5 Å². The molecule has 1 unspecified atom stereocenters. The maximum absolute atomic E-state index is 10.2. The second kappa shape index (κ2) is 5.17. The van der Waals surface area contributed by atoms with Gasteiger partial charge >= 0.3 is 0 Å². The van der Waals surface area contributed by atoms with Gasteiger partial charge in [0, 0.05) is 11.6 Å². The van der Waals surface area contributed by atoms with Gasteiger partial charge in [0.25, 0.3) is 0 Å². The molecule has 0 bridgehead atoms. The average molecular weight is 207 g/mol. The van der Waals surface area contributed by atoms with Crippen molar-refractivity contribution in [3.05, 3.63) is 23.8 Å². The van der Waals surface area contributed by atoms with E-state index in [-0.39, 0.29) is 6.04 Å². The molecule has 0 N–H and O–H groups in total. The van der Waals surface area contributed by atoms with Gasteiger partial charge in [-0.3, -0.25) is 0 Å². The quantitative estimate of drug-likeness (QED) is 0.561. The SMILES string of the molecule is COc1ccc(C(C)N=C=O)c(OC)c1. The van der Waals surface area contributed by atoms with E-state index in [1.807, 2.05) is 6.07 Å². The number of benzene rings is 1. The minimum Gasteiger partial charge on any atom is -0.497 e. The molecule has 4 nitrogen and oxygen atoms in total. The Hall–Kier alpha value is -1.80. The summed E-state index contributed by atoms with van der Waals surface area (Å²) in [5.41, 5.74) is 0.835. The Morgan fingerprint density at radius 1 is 1.33 bits per heavy atom. The van der Waals surface area contributed by atoms with Crippen molar-refractivity contribution < 1.29 is 14.3 Å². The highest BCUT2D eigenvalue weighted by Gasteiger charge is 2.11. The van der Waals surface area contributed by atoms with E-state index in [1.54, 1.807) is 33.3 Å². The fraction of sp³-hybridized carbons (Fsp3) is 0.364. The zero-order chi connectivity index (χ0) is 11.3. The summed E-state index contributed by atoms with van der Waals surface area (Å²) in [6.07, 6.45) is 1.53. The molecule has 1 aromatic rings. The predicted octanol–water partition coefficient (Wildman–Crippen LogP) is 2.10. The van der Waals surface area contributed by atoms with E-state index in [2.05, 4.69) is 4.99 Å². The van der Waals surface area contributed by atoms with E-state index in [0.29, 0.717) is 11.5 Å². The van der Waals surface area contributed by atoms with Gasteiger partial charge in [0.05, 0.1) is 20.3 Å². The third-order valence-electron chi connectivity index (χ3n) is 2.14. The second-order valence-electron chi connectivity index (χ2n) is 3.00. The third-order valence-corrected chi connectivity index (χ3v) is 2.14. The lowest BCUT2D eigenvalue weighted by Crippen LogP contribution is -1.96. The van der Waals surface area contributed by atoms with Crippen LogP contribution in [0.2, 0.25) is 0 Å². The molecule has 0 fully saturated rings. The monoisotopic (exact) mass is 207 g/mol. The molecule has 1 rings (SSSR count). The molecule has 0 aromatic heterocycles. The van der Waals surface area contributed by atoms with Gasteiger partial charge in [0.15, 0.2) is 0 Å². The van der Waals surface area contributed by atoms with Crippen molar-refractivity contribution in [2.45, 2.75) is 13.0 Å². The summed E-state index contributed by atoms with van der Waals surface area (Å²) in [4.78, 5) is 13.8. The van der Waals surface area contributed by atoms with Crippen LogP contribution in [0.25, 0.3) is 0 Å². The summed E-state index contributed by atoms with van der Waals surface area (Å²) >= 11 is 0. The Labute approximate surface area is 88.5 Å². The molecule has 0 radical (unpaired) electrons. The number of carbonyl (C=O) groups excluding carboxylic acids is 1. The highest BCUT2D eigenvalue weighted by Crippen LogP contribution is 2.30. The molecule has 0 amide bonds. The van der Waals surface area contributed by atoms with Crippen LogP contribution >= 0.6 is 0 Å². The second-order valence-corrected chi connectivity index (χ2v) is 3.00. The fourth-order valence-electron chi connectivity index (χ4n) is 1.31. The maximum atomic E-state index is 10.2. The van der Waals surface area contributed by atoms with Gasteiger partial charge in [0.2, 0.25) is 6.08 Å². The first-order valence-corrected chi connectivity index (χ1v) is 4.51. The molecule has 0 saturated carbocycles. The van der Waals surface area contributed by atoms with Gasteiger partial charge in [-0.15, -0.1) is 0 Å². The molecule has 0 saturated heterocycles. The van der Waals surface area contributed by atoms with Crippen molar-refractivity contribution >= 4 is 6.08 Å². The lowest BCUT2D eigenvalue weighted by atomic mass is 10.1. The normalized spacial score (nSPS) is 11.4. The first kappa shape index (κ1) is 11.3. The van der Waals surface area contributed by atoms with Gasteiger partial charge in [-0.05, 0) is 19.1 Å². The van der Waals surface area contributed by atoms with E-state index in [1.165, 1.54) is 6.08 Å². The van der Waals surface area contributed by atoms with Crippen molar-refractivity contribution in [2.24, 2.45) is 4.99 Å². The summed E-state index contributed by atoms with van der Waals surface area (Å²) in [5.74, 6) is 1.36. The van der Waals surface area contributed by atoms with Crippen molar-refractivity contribution in [1.82, 2.24) is 0 Å². The number of hydrogen-bond donors (Lipinski definition) is 0. The van der Waals surface area contributed by atoms with E-state index >= 15 is 0 Å². The smallest absolute Gasteiger partial charge is 0.235 e. The van der Waals surface area contributed by atoms with Crippen LogP contribution in [-0.2, 0) is 4.79 Å². The number of methoxy groups -OCH3 is 2. The van der Waals surface area contributed by atoms with Gasteiger partial charge in [-0.25, -0.2) is 4.79 Å².